The molecule has 1 aromatic heterocycles. The van der Waals surface area contributed by atoms with Crippen LogP contribution in [0.1, 0.15) is 12.5 Å². The molecular weight excluding hydrogens is 428 g/mol. The molecule has 0 saturated heterocycles. The first-order valence-electron chi connectivity index (χ1n) is 9.71. The molecule has 0 unspecified atom stereocenters. The second kappa shape index (κ2) is 10.1. The van der Waals surface area contributed by atoms with Crippen molar-refractivity contribution in [3.8, 4) is 22.8 Å². The number of carbonyl (C=O) groups excluding carboxylic acids is 1. The van der Waals surface area contributed by atoms with E-state index in [1.54, 1.807) is 7.11 Å². The zero-order chi connectivity index (χ0) is 23.3. The van der Waals surface area contributed by atoms with Crippen LogP contribution >= 0.6 is 11.8 Å². The molecule has 166 valence electrons. The van der Waals surface area contributed by atoms with E-state index in [0.29, 0.717) is 11.0 Å². The van der Waals surface area contributed by atoms with E-state index in [1.807, 2.05) is 60.0 Å². The molecule has 2 aromatic carbocycles. The highest BCUT2D eigenvalue weighted by molar-refractivity contribution is 7.99. The third-order valence-corrected chi connectivity index (χ3v) is 5.57. The number of aromatic nitrogens is 3. The van der Waals surface area contributed by atoms with E-state index >= 15 is 0 Å². The molecule has 32 heavy (non-hydrogen) atoms. The van der Waals surface area contributed by atoms with Crippen molar-refractivity contribution in [2.75, 3.05) is 20.0 Å². The third-order valence-electron chi connectivity index (χ3n) is 4.63. The van der Waals surface area contributed by atoms with E-state index in [1.165, 1.54) is 25.8 Å². The van der Waals surface area contributed by atoms with Crippen LogP contribution in [0.3, 0.4) is 0 Å². The fourth-order valence-electron chi connectivity index (χ4n) is 3.09. The summed E-state index contributed by atoms with van der Waals surface area (Å²) in [6.45, 7) is 3.42. The average molecular weight is 453 g/mol. The lowest BCUT2D eigenvalue weighted by Crippen LogP contribution is -2.15. The predicted molar refractivity (Wildman–Crippen MR) is 124 cm³/mol. The molecule has 0 fully saturated rings. The maximum absolute atomic E-state index is 11.9. The van der Waals surface area contributed by atoms with Crippen molar-refractivity contribution in [2.24, 2.45) is 0 Å². The zero-order valence-corrected chi connectivity index (χ0v) is 19.1. The van der Waals surface area contributed by atoms with Gasteiger partial charge in [0, 0.05) is 17.0 Å². The molecule has 3 aromatic rings. The predicted octanol–water partition coefficient (Wildman–Crippen LogP) is 4.37. The van der Waals surface area contributed by atoms with Crippen molar-refractivity contribution in [1.82, 2.24) is 14.8 Å². The molecule has 0 bridgehead atoms. The Bertz CT molecular complexity index is 1170. The van der Waals surface area contributed by atoms with Crippen LogP contribution in [0.2, 0.25) is 0 Å². The Balaban J connectivity index is 2.04. The van der Waals surface area contributed by atoms with Crippen molar-refractivity contribution < 1.29 is 19.4 Å². The number of thioether (sulfide) groups is 1. The number of aliphatic hydroxyl groups is 1. The Labute approximate surface area is 190 Å². The first kappa shape index (κ1) is 23.1. The minimum atomic E-state index is -0.757. The van der Waals surface area contributed by atoms with E-state index in [4.69, 9.17) is 10.1 Å². The highest BCUT2D eigenvalue weighted by Crippen LogP contribution is 2.30. The van der Waals surface area contributed by atoms with Gasteiger partial charge < -0.3 is 20.0 Å². The molecule has 2 N–H and O–H groups in total. The van der Waals surface area contributed by atoms with Gasteiger partial charge in [-0.2, -0.15) is 0 Å². The summed E-state index contributed by atoms with van der Waals surface area (Å²) in [5.74, 6) is 0.366. The first-order valence-corrected chi connectivity index (χ1v) is 10.7. The molecule has 0 atom stereocenters. The van der Waals surface area contributed by atoms with Crippen LogP contribution in [-0.4, -0.2) is 51.5 Å². The molecule has 0 aliphatic heterocycles. The van der Waals surface area contributed by atoms with Crippen LogP contribution in [-0.2, 0) is 9.53 Å². The van der Waals surface area contributed by atoms with E-state index in [2.05, 4.69) is 14.9 Å². The van der Waals surface area contributed by atoms with Gasteiger partial charge >= 0.3 is 5.97 Å². The van der Waals surface area contributed by atoms with Gasteiger partial charge in [0.2, 0.25) is 0 Å². The summed E-state index contributed by atoms with van der Waals surface area (Å²) in [4.78, 5) is 11.9. The molecule has 0 amide bonds. The smallest absolute Gasteiger partial charge is 0.343 e. The van der Waals surface area contributed by atoms with E-state index in [0.717, 1.165) is 22.6 Å². The lowest BCUT2D eigenvalue weighted by Gasteiger charge is -2.12. The molecule has 9 heteroatoms. The zero-order valence-electron chi connectivity index (χ0n) is 18.2. The quantitative estimate of drug-likeness (QED) is 0.172. The molecule has 0 radical (unpaired) electrons. The van der Waals surface area contributed by atoms with Gasteiger partial charge in [0.25, 0.3) is 0 Å². The number of hydrogen-bond acceptors (Lipinski definition) is 8. The molecule has 8 nitrogen and oxygen atoms in total. The number of nitrogens with one attached hydrogen (secondary N) is 1. The monoisotopic (exact) mass is 452 g/mol. The number of benzene rings is 2. The maximum Gasteiger partial charge on any atom is 0.343 e. The second-order valence-corrected chi connectivity index (χ2v) is 7.88. The number of carbonyl (C=O) groups is 1. The van der Waals surface area contributed by atoms with Gasteiger partial charge in [-0.3, -0.25) is 4.57 Å². The van der Waals surface area contributed by atoms with Crippen LogP contribution < -0.4 is 4.74 Å². The van der Waals surface area contributed by atoms with Crippen LogP contribution in [0.15, 0.2) is 65.0 Å². The summed E-state index contributed by atoms with van der Waals surface area (Å²) in [7, 11) is 2.81. The number of ether oxygens (including phenoxy) is 2. The molecule has 0 aliphatic carbocycles. The molecule has 3 rings (SSSR count). The van der Waals surface area contributed by atoms with E-state index in [9.17, 15) is 9.90 Å². The number of aliphatic hydroxyl groups excluding tert-OH is 1. The standard InChI is InChI=1S/C23H24N4O4S/c1-14-6-5-7-16(12-14)21-25-26-23(27(21)17-8-10-18(30-3)11-9-17)32-13-19(28)20(15(2)24)22(29)31-4/h5-12,24,28H,13H2,1-4H3/b20-19+,24-15?. The summed E-state index contributed by atoms with van der Waals surface area (Å²) < 4.78 is 11.8. The molecular formula is C23H24N4O4S. The second-order valence-electron chi connectivity index (χ2n) is 6.94. The summed E-state index contributed by atoms with van der Waals surface area (Å²) in [6, 6.07) is 15.4. The van der Waals surface area contributed by atoms with Crippen molar-refractivity contribution in [3.05, 3.63) is 65.4 Å². The van der Waals surface area contributed by atoms with Crippen LogP contribution in [0.4, 0.5) is 0 Å². The molecule has 1 heterocycles. The average Bonchev–Trinajstić information content (AvgIpc) is 3.21. The Hall–Kier alpha value is -3.59. The summed E-state index contributed by atoms with van der Waals surface area (Å²) in [6.07, 6.45) is 0. The Morgan fingerprint density at radius 2 is 1.88 bits per heavy atom. The Kier molecular flexibility index (Phi) is 7.32. The number of rotatable bonds is 8. The minimum absolute atomic E-state index is 0.0166. The van der Waals surface area contributed by atoms with Gasteiger partial charge in [0.15, 0.2) is 11.0 Å². The molecule has 0 aliphatic rings. The highest BCUT2D eigenvalue weighted by Gasteiger charge is 2.21. The highest BCUT2D eigenvalue weighted by atomic mass is 32.2. The van der Waals surface area contributed by atoms with Crippen molar-refractivity contribution >= 4 is 23.4 Å². The van der Waals surface area contributed by atoms with Crippen LogP contribution in [0.25, 0.3) is 17.1 Å². The number of hydrogen-bond donors (Lipinski definition) is 2. The summed E-state index contributed by atoms with van der Waals surface area (Å²) >= 11 is 1.20. The van der Waals surface area contributed by atoms with E-state index < -0.39 is 5.97 Å². The van der Waals surface area contributed by atoms with Gasteiger partial charge in [-0.05, 0) is 44.2 Å². The molecule has 0 saturated carbocycles. The van der Waals surface area contributed by atoms with Gasteiger partial charge in [-0.1, -0.05) is 35.5 Å². The largest absolute Gasteiger partial charge is 0.510 e. The fourth-order valence-corrected chi connectivity index (χ4v) is 3.92. The third kappa shape index (κ3) is 5.00. The maximum atomic E-state index is 11.9. The summed E-state index contributed by atoms with van der Waals surface area (Å²) in [5, 5.41) is 27.5. The SMILES string of the molecule is COC(=O)/C(C(C)=N)=C(/O)CSc1nnc(-c2cccc(C)c2)n1-c1ccc(OC)cc1. The van der Waals surface area contributed by atoms with Gasteiger partial charge in [0.05, 0.1) is 20.0 Å². The molecule has 0 spiro atoms. The normalized spacial score (nSPS) is 11.6. The van der Waals surface area contributed by atoms with Crippen molar-refractivity contribution in [3.63, 3.8) is 0 Å². The Morgan fingerprint density at radius 3 is 2.47 bits per heavy atom. The fraction of sp³-hybridized carbons (Fsp3) is 0.217. The topological polar surface area (TPSA) is 110 Å². The van der Waals surface area contributed by atoms with Crippen LogP contribution in [0, 0.1) is 12.3 Å². The van der Waals surface area contributed by atoms with Crippen LogP contribution in [0.5, 0.6) is 5.75 Å². The number of esters is 1. The number of methoxy groups -OCH3 is 2. The van der Waals surface area contributed by atoms with Crippen molar-refractivity contribution in [1.29, 1.82) is 5.41 Å². The summed E-state index contributed by atoms with van der Waals surface area (Å²) in [5.41, 5.74) is 2.56. The lowest BCUT2D eigenvalue weighted by atomic mass is 10.1. The number of nitrogens with zero attached hydrogens (tertiary/aromatic N) is 3. The van der Waals surface area contributed by atoms with Gasteiger partial charge in [-0.25, -0.2) is 4.79 Å². The number of aryl methyl sites for hydroxylation is 1. The van der Waals surface area contributed by atoms with E-state index in [-0.39, 0.29) is 22.8 Å². The van der Waals surface area contributed by atoms with Crippen molar-refractivity contribution in [2.45, 2.75) is 19.0 Å². The first-order chi connectivity index (χ1) is 15.3. The lowest BCUT2D eigenvalue weighted by molar-refractivity contribution is -0.135. The van der Waals surface area contributed by atoms with Gasteiger partial charge in [-0.15, -0.1) is 10.2 Å². The van der Waals surface area contributed by atoms with Gasteiger partial charge in [0.1, 0.15) is 17.1 Å². The Morgan fingerprint density at radius 1 is 1.16 bits per heavy atom. The minimum Gasteiger partial charge on any atom is -0.510 e.